The van der Waals surface area contributed by atoms with Crippen molar-refractivity contribution in [2.45, 2.75) is 26.3 Å². The van der Waals surface area contributed by atoms with Crippen LogP contribution in [0, 0.1) is 11.8 Å². The van der Waals surface area contributed by atoms with Gasteiger partial charge in [0.2, 0.25) is 0 Å². The monoisotopic (exact) mass is 393 g/mol. The first-order valence-electron chi connectivity index (χ1n) is 8.54. The number of hydrogen-bond donors (Lipinski definition) is 2. The summed E-state index contributed by atoms with van der Waals surface area (Å²) in [6.07, 6.45) is 2.04. The molecule has 4 aromatic rings. The Labute approximate surface area is 166 Å². The Kier molecular flexibility index (Phi) is 4.42. The lowest BCUT2D eigenvalue weighted by Gasteiger charge is -2.22. The van der Waals surface area contributed by atoms with Gasteiger partial charge in [-0.25, -0.2) is 4.98 Å². The molecule has 1 aromatic carbocycles. The first-order chi connectivity index (χ1) is 12.9. The van der Waals surface area contributed by atoms with Gasteiger partial charge in [0.15, 0.2) is 4.96 Å². The Hall–Kier alpha value is -2.75. The average Bonchev–Trinajstić information content (AvgIpc) is 3.29. The maximum Gasteiger partial charge on any atom is 0.195 e. The number of hydrogen-bond acceptors (Lipinski definition) is 5. The average molecular weight is 394 g/mol. The van der Waals surface area contributed by atoms with Crippen LogP contribution < -0.4 is 5.32 Å². The molecule has 0 aliphatic carbocycles. The smallest absolute Gasteiger partial charge is 0.195 e. The number of phenols is 1. The molecule has 3 aromatic heterocycles. The number of thiophene rings is 1. The Morgan fingerprint density at radius 2 is 2.00 bits per heavy atom. The summed E-state index contributed by atoms with van der Waals surface area (Å²) >= 11 is 3.24. The van der Waals surface area contributed by atoms with E-state index in [2.05, 4.69) is 48.4 Å². The van der Waals surface area contributed by atoms with E-state index in [1.165, 1.54) is 0 Å². The summed E-state index contributed by atoms with van der Waals surface area (Å²) in [5.41, 5.74) is 1.68. The molecule has 0 unspecified atom stereocenters. The van der Waals surface area contributed by atoms with Crippen molar-refractivity contribution in [1.29, 1.82) is 0 Å². The molecule has 4 rings (SSSR count). The number of fused-ring (bicyclic) bond motifs is 1. The third-order valence-electron chi connectivity index (χ3n) is 3.77. The molecule has 27 heavy (non-hydrogen) atoms. The van der Waals surface area contributed by atoms with Crippen LogP contribution in [0.3, 0.4) is 0 Å². The second-order valence-electron chi connectivity index (χ2n) is 7.20. The molecule has 2 N–H and O–H groups in total. The maximum absolute atomic E-state index is 9.55. The molecule has 0 aliphatic heterocycles. The van der Waals surface area contributed by atoms with E-state index in [0.717, 1.165) is 31.8 Å². The molecule has 6 heteroatoms. The molecule has 4 nitrogen and oxygen atoms in total. The summed E-state index contributed by atoms with van der Waals surface area (Å²) in [5.74, 6) is 7.51. The van der Waals surface area contributed by atoms with Gasteiger partial charge in [-0.3, -0.25) is 4.40 Å². The summed E-state index contributed by atoms with van der Waals surface area (Å²) in [6, 6.07) is 11.1. The number of anilines is 1. The van der Waals surface area contributed by atoms with Crippen LogP contribution in [0.25, 0.3) is 15.5 Å². The molecular weight excluding hydrogens is 374 g/mol. The zero-order valence-electron chi connectivity index (χ0n) is 15.3. The molecule has 0 saturated heterocycles. The van der Waals surface area contributed by atoms with Crippen LogP contribution in [0.2, 0.25) is 0 Å². The lowest BCUT2D eigenvalue weighted by molar-refractivity contribution is 0.475. The minimum absolute atomic E-state index is 0.0676. The Morgan fingerprint density at radius 3 is 2.78 bits per heavy atom. The largest absolute Gasteiger partial charge is 0.508 e. The number of nitrogens with one attached hydrogen (secondary N) is 1. The summed E-state index contributed by atoms with van der Waals surface area (Å²) < 4.78 is 2.10. The fourth-order valence-electron chi connectivity index (χ4n) is 2.68. The van der Waals surface area contributed by atoms with Crippen LogP contribution in [0.4, 0.5) is 5.82 Å². The quantitative estimate of drug-likeness (QED) is 0.446. The molecule has 0 aliphatic rings. The third-order valence-corrected chi connectivity index (χ3v) is 5.54. The van der Waals surface area contributed by atoms with E-state index >= 15 is 0 Å². The molecule has 0 fully saturated rings. The molecule has 0 atom stereocenters. The first-order valence-corrected chi connectivity index (χ1v) is 10.2. The summed E-state index contributed by atoms with van der Waals surface area (Å²) in [4.78, 5) is 7.83. The Balaban J connectivity index is 1.70. The zero-order chi connectivity index (χ0) is 19.0. The number of nitrogens with zero attached hydrogens (tertiary/aromatic N) is 2. The highest BCUT2D eigenvalue weighted by atomic mass is 32.1. The third kappa shape index (κ3) is 3.85. The van der Waals surface area contributed by atoms with Gasteiger partial charge in [0, 0.05) is 22.7 Å². The van der Waals surface area contributed by atoms with E-state index in [-0.39, 0.29) is 11.3 Å². The summed E-state index contributed by atoms with van der Waals surface area (Å²) in [6.45, 7) is 6.43. The van der Waals surface area contributed by atoms with E-state index in [9.17, 15) is 5.11 Å². The second-order valence-corrected chi connectivity index (χ2v) is 9.16. The van der Waals surface area contributed by atoms with E-state index in [4.69, 9.17) is 4.98 Å². The van der Waals surface area contributed by atoms with Crippen LogP contribution in [0.5, 0.6) is 5.75 Å². The van der Waals surface area contributed by atoms with Gasteiger partial charge in [-0.1, -0.05) is 17.9 Å². The van der Waals surface area contributed by atoms with Crippen molar-refractivity contribution in [3.63, 3.8) is 0 Å². The van der Waals surface area contributed by atoms with Crippen LogP contribution in [-0.4, -0.2) is 20.0 Å². The number of benzene rings is 1. The van der Waals surface area contributed by atoms with Gasteiger partial charge in [0.05, 0.1) is 9.75 Å². The van der Waals surface area contributed by atoms with Gasteiger partial charge >= 0.3 is 0 Å². The second kappa shape index (κ2) is 6.76. The normalized spacial score (nSPS) is 11.4. The number of aromatic nitrogens is 2. The predicted molar refractivity (Wildman–Crippen MR) is 114 cm³/mol. The van der Waals surface area contributed by atoms with Crippen molar-refractivity contribution >= 4 is 33.5 Å². The fraction of sp³-hybridized carbons (Fsp3) is 0.190. The molecule has 136 valence electrons. The highest BCUT2D eigenvalue weighted by Gasteiger charge is 2.20. The summed E-state index contributed by atoms with van der Waals surface area (Å²) in [5, 5.41) is 15.2. The van der Waals surface area contributed by atoms with Gasteiger partial charge < -0.3 is 10.4 Å². The van der Waals surface area contributed by atoms with Crippen LogP contribution >= 0.6 is 22.7 Å². The number of rotatable bonds is 2. The zero-order valence-corrected chi connectivity index (χ0v) is 16.9. The summed E-state index contributed by atoms with van der Waals surface area (Å²) in [7, 11) is 0. The van der Waals surface area contributed by atoms with Crippen LogP contribution in [0.1, 0.15) is 31.2 Å². The van der Waals surface area contributed by atoms with Gasteiger partial charge in [0.1, 0.15) is 17.3 Å². The van der Waals surface area contributed by atoms with Gasteiger partial charge in [-0.15, -0.1) is 22.7 Å². The molecule has 3 heterocycles. The van der Waals surface area contributed by atoms with Crippen molar-refractivity contribution < 1.29 is 5.11 Å². The van der Waals surface area contributed by atoms with Crippen LogP contribution in [-0.2, 0) is 0 Å². The number of aromatic hydroxyl groups is 1. The number of phenolic OH excluding ortho intramolecular Hbond substituents is 1. The highest BCUT2D eigenvalue weighted by Crippen LogP contribution is 2.36. The highest BCUT2D eigenvalue weighted by molar-refractivity contribution is 7.16. The van der Waals surface area contributed by atoms with Crippen molar-refractivity contribution in [1.82, 2.24) is 9.38 Å². The SMILES string of the molecule is CC(C)(C)Nc1c(-c2ccc(C#Cc3cccc(O)c3)s2)nc2sccn12. The Bertz CT molecular complexity index is 1170. The predicted octanol–water partition coefficient (Wildman–Crippen LogP) is 5.44. The van der Waals surface area contributed by atoms with E-state index in [0.29, 0.717) is 0 Å². The van der Waals surface area contributed by atoms with Crippen LogP contribution in [0.15, 0.2) is 48.0 Å². The molecule has 0 bridgehead atoms. The maximum atomic E-state index is 9.55. The number of thiazole rings is 1. The molecule has 0 spiro atoms. The first kappa shape index (κ1) is 17.7. The van der Waals surface area contributed by atoms with Crippen molar-refractivity contribution in [2.75, 3.05) is 5.32 Å². The van der Waals surface area contributed by atoms with Crippen molar-refractivity contribution in [3.05, 3.63) is 58.4 Å². The lowest BCUT2D eigenvalue weighted by atomic mass is 10.1. The number of imidazole rings is 1. The van der Waals surface area contributed by atoms with Crippen molar-refractivity contribution in [3.8, 4) is 28.2 Å². The lowest BCUT2D eigenvalue weighted by Crippen LogP contribution is -2.27. The minimum Gasteiger partial charge on any atom is -0.508 e. The standard InChI is InChI=1S/C21H19N3OS2/c1-21(2,3)23-19-18(22-20-24(19)11-12-26-20)17-10-9-16(27-17)8-7-14-5-4-6-15(25)13-14/h4-6,9-13,23,25H,1-3H3. The molecular formula is C21H19N3OS2. The van der Waals surface area contributed by atoms with E-state index in [1.54, 1.807) is 40.9 Å². The fourth-order valence-corrected chi connectivity index (χ4v) is 4.25. The minimum atomic E-state index is -0.0676. The topological polar surface area (TPSA) is 49.6 Å². The molecule has 0 amide bonds. The van der Waals surface area contributed by atoms with Gasteiger partial charge in [-0.2, -0.15) is 0 Å². The van der Waals surface area contributed by atoms with E-state index in [1.807, 2.05) is 23.7 Å². The molecule has 0 saturated carbocycles. The van der Waals surface area contributed by atoms with E-state index < -0.39 is 0 Å². The van der Waals surface area contributed by atoms with Crippen molar-refractivity contribution in [2.24, 2.45) is 0 Å². The molecule has 0 radical (unpaired) electrons. The Morgan fingerprint density at radius 1 is 1.15 bits per heavy atom. The van der Waals surface area contributed by atoms with Gasteiger partial charge in [0.25, 0.3) is 0 Å². The van der Waals surface area contributed by atoms with Gasteiger partial charge in [-0.05, 0) is 51.1 Å².